The van der Waals surface area contributed by atoms with Crippen LogP contribution in [0.1, 0.15) is 16.7 Å². The van der Waals surface area contributed by atoms with Gasteiger partial charge < -0.3 is 0 Å². The van der Waals surface area contributed by atoms with E-state index in [0.717, 1.165) is 21.6 Å². The number of benzene rings is 3. The minimum Gasteiger partial charge on any atom is -0.199 e. The molecule has 0 amide bonds. The first-order chi connectivity index (χ1) is 12.9. The van der Waals surface area contributed by atoms with Crippen LogP contribution in [0.5, 0.6) is 0 Å². The van der Waals surface area contributed by atoms with Crippen LogP contribution >= 0.6 is 0 Å². The molecule has 0 bridgehead atoms. The van der Waals surface area contributed by atoms with E-state index < -0.39 is 20.7 Å². The summed E-state index contributed by atoms with van der Waals surface area (Å²) in [5, 5.41) is 1.85. The Bertz CT molecular complexity index is 1070. The van der Waals surface area contributed by atoms with Gasteiger partial charge in [0, 0.05) is 4.90 Å². The lowest BCUT2D eigenvalue weighted by atomic mass is 10.2. The van der Waals surface area contributed by atoms with Crippen LogP contribution in [-0.4, -0.2) is 8.42 Å². The highest BCUT2D eigenvalue weighted by molar-refractivity contribution is 8.01. The highest BCUT2D eigenvalue weighted by Crippen LogP contribution is 2.20. The van der Waals surface area contributed by atoms with E-state index in [0.29, 0.717) is 0 Å². The number of hydrogen-bond acceptors (Lipinski definition) is 2. The van der Waals surface area contributed by atoms with Gasteiger partial charge in [0.05, 0.1) is 4.90 Å². The minimum absolute atomic E-state index is 0.214. The molecule has 0 radical (unpaired) electrons. The summed E-state index contributed by atoms with van der Waals surface area (Å²) in [7, 11) is -4.67. The third-order valence-electron chi connectivity index (χ3n) is 3.95. The van der Waals surface area contributed by atoms with Crippen LogP contribution in [0, 0.1) is 13.8 Å². The molecule has 1 atom stereocenters. The average molecular weight is 396 g/mol. The third-order valence-corrected chi connectivity index (χ3v) is 7.39. The number of aryl methyl sites for hydroxylation is 2. The van der Waals surface area contributed by atoms with Crippen molar-refractivity contribution in [1.29, 1.82) is 0 Å². The standard InChI is InChI=1S/C22H21NO2S2/c1-18-8-12-21(13-9-18)26(17-16-20-6-4-3-5-7-20)23-27(24,25)22-14-10-19(2)11-15-22/h3-17H,1-2H3/b17-16-/t26-/m0/s1. The van der Waals surface area contributed by atoms with E-state index in [1.54, 1.807) is 24.3 Å². The second-order valence-corrected chi connectivity index (χ2v) is 9.59. The van der Waals surface area contributed by atoms with Gasteiger partial charge in [-0.1, -0.05) is 65.7 Å². The van der Waals surface area contributed by atoms with E-state index in [-0.39, 0.29) is 4.90 Å². The normalized spacial score (nSPS) is 13.1. The van der Waals surface area contributed by atoms with Gasteiger partial charge in [0.25, 0.3) is 10.0 Å². The van der Waals surface area contributed by atoms with Gasteiger partial charge in [-0.2, -0.15) is 8.42 Å². The molecule has 0 aliphatic heterocycles. The SMILES string of the molecule is Cc1ccc([S@](/C=C\c2ccccc2)=N/S(=O)(=O)c2ccc(C)cc2)cc1. The molecule has 0 unspecified atom stereocenters. The minimum atomic E-state index is -3.75. The largest absolute Gasteiger partial charge is 0.288 e. The van der Waals surface area contributed by atoms with Crippen molar-refractivity contribution >= 4 is 26.8 Å². The zero-order valence-corrected chi connectivity index (χ0v) is 16.9. The molecule has 0 spiro atoms. The number of rotatable bonds is 5. The van der Waals surface area contributed by atoms with E-state index in [4.69, 9.17) is 0 Å². The first-order valence-electron chi connectivity index (χ1n) is 8.52. The Morgan fingerprint density at radius 2 is 1.33 bits per heavy atom. The Labute approximate surface area is 163 Å². The zero-order valence-electron chi connectivity index (χ0n) is 15.2. The quantitative estimate of drug-likeness (QED) is 0.571. The summed E-state index contributed by atoms with van der Waals surface area (Å²) in [6.45, 7) is 3.93. The number of nitrogens with zero attached hydrogens (tertiary/aromatic N) is 1. The molecule has 27 heavy (non-hydrogen) atoms. The summed E-state index contributed by atoms with van der Waals surface area (Å²) < 4.78 is 29.9. The van der Waals surface area contributed by atoms with Crippen molar-refractivity contribution < 1.29 is 8.42 Å². The predicted molar refractivity (Wildman–Crippen MR) is 113 cm³/mol. The molecule has 138 valence electrons. The smallest absolute Gasteiger partial charge is 0.199 e. The van der Waals surface area contributed by atoms with Gasteiger partial charge in [-0.15, -0.1) is 3.77 Å². The molecule has 0 N–H and O–H groups in total. The number of sulfonamides is 1. The molecule has 3 rings (SSSR count). The summed E-state index contributed by atoms with van der Waals surface area (Å²) in [6.07, 6.45) is 1.91. The van der Waals surface area contributed by atoms with Gasteiger partial charge in [-0.25, -0.2) is 0 Å². The molecular formula is C22H21NO2S2. The topological polar surface area (TPSA) is 46.5 Å². The summed E-state index contributed by atoms with van der Waals surface area (Å²) in [6, 6.07) is 24.4. The van der Waals surface area contributed by atoms with E-state index in [1.165, 1.54) is 0 Å². The first-order valence-corrected chi connectivity index (χ1v) is 11.2. The van der Waals surface area contributed by atoms with Gasteiger partial charge in [0.1, 0.15) is 0 Å². The maximum Gasteiger partial charge on any atom is 0.288 e. The summed E-state index contributed by atoms with van der Waals surface area (Å²) in [5.74, 6) is 0. The highest BCUT2D eigenvalue weighted by Gasteiger charge is 2.14. The third kappa shape index (κ3) is 5.25. The van der Waals surface area contributed by atoms with Crippen LogP contribution in [-0.2, 0) is 20.7 Å². The molecule has 0 aromatic heterocycles. The zero-order chi connectivity index (χ0) is 19.3. The highest BCUT2D eigenvalue weighted by atomic mass is 32.3. The molecule has 3 aromatic rings. The van der Waals surface area contributed by atoms with E-state index in [1.807, 2.05) is 79.9 Å². The molecule has 0 fully saturated rings. The molecule has 5 heteroatoms. The Hall–Kier alpha value is -2.50. The van der Waals surface area contributed by atoms with Crippen LogP contribution < -0.4 is 0 Å². The fourth-order valence-electron chi connectivity index (χ4n) is 2.39. The van der Waals surface area contributed by atoms with Crippen molar-refractivity contribution in [2.45, 2.75) is 23.6 Å². The molecule has 0 aliphatic carbocycles. The first kappa shape index (κ1) is 19.3. The van der Waals surface area contributed by atoms with Crippen LogP contribution in [0.25, 0.3) is 6.08 Å². The lowest BCUT2D eigenvalue weighted by Crippen LogP contribution is -2.00. The van der Waals surface area contributed by atoms with Crippen LogP contribution in [0.15, 0.2) is 97.8 Å². The van der Waals surface area contributed by atoms with Crippen molar-refractivity contribution in [2.24, 2.45) is 3.77 Å². The lowest BCUT2D eigenvalue weighted by molar-refractivity contribution is 0.598. The Kier molecular flexibility index (Phi) is 6.04. The molecular weight excluding hydrogens is 374 g/mol. The molecule has 0 saturated heterocycles. The van der Waals surface area contributed by atoms with Crippen LogP contribution in [0.2, 0.25) is 0 Å². The van der Waals surface area contributed by atoms with Crippen molar-refractivity contribution in [3.05, 3.63) is 101 Å². The predicted octanol–water partition coefficient (Wildman–Crippen LogP) is 5.52. The van der Waals surface area contributed by atoms with Crippen molar-refractivity contribution in [1.82, 2.24) is 0 Å². The van der Waals surface area contributed by atoms with Crippen LogP contribution in [0.3, 0.4) is 0 Å². The molecule has 0 aliphatic rings. The second-order valence-electron chi connectivity index (χ2n) is 6.20. The Balaban J connectivity index is 2.05. The summed E-state index contributed by atoms with van der Waals surface area (Å²) >= 11 is 0. The lowest BCUT2D eigenvalue weighted by Gasteiger charge is -2.06. The van der Waals surface area contributed by atoms with Crippen molar-refractivity contribution in [3.8, 4) is 0 Å². The molecule has 0 saturated carbocycles. The van der Waals surface area contributed by atoms with Gasteiger partial charge in [-0.05, 0) is 65.9 Å². The fraction of sp³-hybridized carbons (Fsp3) is 0.0909. The average Bonchev–Trinajstić information content (AvgIpc) is 2.67. The van der Waals surface area contributed by atoms with Crippen LogP contribution in [0.4, 0.5) is 0 Å². The monoisotopic (exact) mass is 395 g/mol. The molecule has 3 aromatic carbocycles. The summed E-state index contributed by atoms with van der Waals surface area (Å²) in [4.78, 5) is 1.08. The van der Waals surface area contributed by atoms with E-state index in [2.05, 4.69) is 3.77 Å². The van der Waals surface area contributed by atoms with Gasteiger partial charge in [-0.3, -0.25) is 0 Å². The Morgan fingerprint density at radius 1 is 0.778 bits per heavy atom. The second kappa shape index (κ2) is 8.46. The van der Waals surface area contributed by atoms with E-state index in [9.17, 15) is 8.42 Å². The van der Waals surface area contributed by atoms with Crippen molar-refractivity contribution in [3.63, 3.8) is 0 Å². The Morgan fingerprint density at radius 3 is 1.93 bits per heavy atom. The van der Waals surface area contributed by atoms with Gasteiger partial charge in [0.2, 0.25) is 0 Å². The van der Waals surface area contributed by atoms with Gasteiger partial charge in [0.15, 0.2) is 0 Å². The maximum absolute atomic E-state index is 12.8. The fourth-order valence-corrected chi connectivity index (χ4v) is 5.46. The molecule has 3 nitrogen and oxygen atoms in total. The summed E-state index contributed by atoms with van der Waals surface area (Å²) in [5.41, 5.74) is 3.14. The van der Waals surface area contributed by atoms with E-state index >= 15 is 0 Å². The number of hydrogen-bond donors (Lipinski definition) is 0. The molecule has 0 heterocycles. The van der Waals surface area contributed by atoms with Crippen molar-refractivity contribution in [2.75, 3.05) is 0 Å². The van der Waals surface area contributed by atoms with Gasteiger partial charge >= 0.3 is 0 Å². The maximum atomic E-state index is 12.8.